The van der Waals surface area contributed by atoms with E-state index < -0.39 is 0 Å². The van der Waals surface area contributed by atoms with Crippen molar-refractivity contribution < 1.29 is 23.7 Å². The normalized spacial score (nSPS) is 17.2. The molecule has 0 bridgehead atoms. The van der Waals surface area contributed by atoms with Gasteiger partial charge in [0.15, 0.2) is 5.13 Å². The highest BCUT2D eigenvalue weighted by Crippen LogP contribution is 2.42. The Hall–Kier alpha value is -3.18. The van der Waals surface area contributed by atoms with Crippen LogP contribution in [0, 0.1) is 5.41 Å². The summed E-state index contributed by atoms with van der Waals surface area (Å²) in [6.07, 6.45) is 4.71. The fourth-order valence-electron chi connectivity index (χ4n) is 4.67. The number of pyridine rings is 2. The van der Waals surface area contributed by atoms with Gasteiger partial charge in [-0.15, -0.1) is 0 Å². The lowest BCUT2D eigenvalue weighted by atomic mass is 9.80. The Morgan fingerprint density at radius 1 is 1.06 bits per heavy atom. The summed E-state index contributed by atoms with van der Waals surface area (Å²) in [7, 11) is 4.65. The molecule has 2 fully saturated rings. The van der Waals surface area contributed by atoms with E-state index in [4.69, 9.17) is 18.9 Å². The number of nitrogens with zero attached hydrogens (tertiary/aromatic N) is 4. The first-order valence-electron chi connectivity index (χ1n) is 11.1. The van der Waals surface area contributed by atoms with Crippen LogP contribution >= 0.6 is 11.3 Å². The second-order valence-electron chi connectivity index (χ2n) is 8.50. The summed E-state index contributed by atoms with van der Waals surface area (Å²) in [5.41, 5.74) is 2.27. The molecule has 3 aromatic heterocycles. The van der Waals surface area contributed by atoms with Crippen LogP contribution in [0.25, 0.3) is 21.3 Å². The van der Waals surface area contributed by atoms with Crippen LogP contribution in [0.5, 0.6) is 17.6 Å². The molecule has 2 aliphatic heterocycles. The zero-order chi connectivity index (χ0) is 23.7. The second-order valence-corrected chi connectivity index (χ2v) is 9.50. The lowest BCUT2D eigenvalue weighted by Crippen LogP contribution is -2.37. The summed E-state index contributed by atoms with van der Waals surface area (Å²) in [4.78, 5) is 28.4. The number of carbonyl (C=O) groups excluding carboxylic acids is 1. The Labute approximate surface area is 201 Å². The Morgan fingerprint density at radius 2 is 1.85 bits per heavy atom. The molecule has 180 valence electrons. The van der Waals surface area contributed by atoms with Crippen LogP contribution in [0.2, 0.25) is 0 Å². The van der Waals surface area contributed by atoms with Crippen molar-refractivity contribution in [1.82, 2.24) is 19.9 Å². The Morgan fingerprint density at radius 3 is 2.59 bits per heavy atom. The molecule has 3 aromatic rings. The standard InChI is InChI=1S/C23H27N5O5S/c1-30-16-5-4-14(19(25-16)31-2)15-12-24-20(32-3)17-18(15)34-21(26-17)27-22(29)28-9-6-23(13-28)7-10-33-11-8-23/h4-5,12H,6-11,13H2,1-3H3,(H,26,27,29). The second kappa shape index (κ2) is 9.22. The van der Waals surface area contributed by atoms with Crippen LogP contribution < -0.4 is 19.5 Å². The van der Waals surface area contributed by atoms with Crippen molar-refractivity contribution in [2.24, 2.45) is 5.41 Å². The number of amides is 2. The number of fused-ring (bicyclic) bond motifs is 1. The minimum atomic E-state index is -0.139. The molecular formula is C23H27N5O5S. The van der Waals surface area contributed by atoms with E-state index in [0.29, 0.717) is 28.3 Å². The lowest BCUT2D eigenvalue weighted by Gasteiger charge is -2.33. The molecule has 11 heteroatoms. The fourth-order valence-corrected chi connectivity index (χ4v) is 5.65. The molecule has 1 spiro atoms. The number of carbonyl (C=O) groups is 1. The number of hydrogen-bond acceptors (Lipinski definition) is 9. The molecule has 1 N–H and O–H groups in total. The number of aromatic nitrogens is 3. The van der Waals surface area contributed by atoms with E-state index in [1.54, 1.807) is 33.6 Å². The summed E-state index contributed by atoms with van der Waals surface area (Å²) in [5, 5.41) is 3.47. The minimum Gasteiger partial charge on any atom is -0.481 e. The molecule has 10 nitrogen and oxygen atoms in total. The average Bonchev–Trinajstić information content (AvgIpc) is 3.48. The van der Waals surface area contributed by atoms with Crippen molar-refractivity contribution in [3.63, 3.8) is 0 Å². The maximum absolute atomic E-state index is 13.1. The Bertz CT molecular complexity index is 1210. The van der Waals surface area contributed by atoms with Crippen molar-refractivity contribution in [2.45, 2.75) is 19.3 Å². The first-order chi connectivity index (χ1) is 16.6. The van der Waals surface area contributed by atoms with Crippen molar-refractivity contribution in [3.8, 4) is 28.8 Å². The van der Waals surface area contributed by atoms with Gasteiger partial charge in [-0.1, -0.05) is 11.3 Å². The fraction of sp³-hybridized carbons (Fsp3) is 0.478. The molecule has 0 aliphatic carbocycles. The van der Waals surface area contributed by atoms with Crippen LogP contribution in [0.4, 0.5) is 9.93 Å². The highest BCUT2D eigenvalue weighted by atomic mass is 32.1. The quantitative estimate of drug-likeness (QED) is 0.581. The van der Waals surface area contributed by atoms with Crippen LogP contribution in [0.3, 0.4) is 0 Å². The number of hydrogen-bond donors (Lipinski definition) is 1. The van der Waals surface area contributed by atoms with E-state index >= 15 is 0 Å². The molecule has 0 atom stereocenters. The molecule has 2 saturated heterocycles. The predicted octanol–water partition coefficient (Wildman–Crippen LogP) is 3.81. The van der Waals surface area contributed by atoms with Crippen molar-refractivity contribution in [3.05, 3.63) is 18.3 Å². The van der Waals surface area contributed by atoms with Gasteiger partial charge < -0.3 is 23.8 Å². The van der Waals surface area contributed by atoms with Gasteiger partial charge in [0.05, 0.1) is 26.0 Å². The van der Waals surface area contributed by atoms with E-state index in [-0.39, 0.29) is 11.4 Å². The number of ether oxygens (including phenoxy) is 4. The topological polar surface area (TPSA) is 108 Å². The first kappa shape index (κ1) is 22.6. The Balaban J connectivity index is 1.44. The van der Waals surface area contributed by atoms with Gasteiger partial charge in [-0.2, -0.15) is 4.98 Å². The van der Waals surface area contributed by atoms with Crippen LogP contribution in [-0.4, -0.2) is 73.5 Å². The lowest BCUT2D eigenvalue weighted by molar-refractivity contribution is 0.0211. The van der Waals surface area contributed by atoms with Gasteiger partial charge in [0.2, 0.25) is 17.6 Å². The summed E-state index contributed by atoms with van der Waals surface area (Å²) >= 11 is 1.37. The van der Waals surface area contributed by atoms with Crippen LogP contribution in [-0.2, 0) is 4.74 Å². The number of methoxy groups -OCH3 is 3. The molecule has 5 rings (SSSR count). The molecule has 0 unspecified atom stereocenters. The Kier molecular flexibility index (Phi) is 6.13. The molecule has 0 saturated carbocycles. The van der Waals surface area contributed by atoms with Gasteiger partial charge >= 0.3 is 6.03 Å². The molecule has 0 aromatic carbocycles. The van der Waals surface area contributed by atoms with Crippen LogP contribution in [0.15, 0.2) is 18.3 Å². The zero-order valence-corrected chi connectivity index (χ0v) is 20.2. The van der Waals surface area contributed by atoms with Gasteiger partial charge in [-0.25, -0.2) is 14.8 Å². The number of anilines is 1. The van der Waals surface area contributed by atoms with Gasteiger partial charge in [0, 0.05) is 49.7 Å². The van der Waals surface area contributed by atoms with E-state index in [1.807, 2.05) is 11.0 Å². The number of nitrogens with one attached hydrogen (secondary N) is 1. The summed E-state index contributed by atoms with van der Waals surface area (Å²) in [6, 6.07) is 3.49. The summed E-state index contributed by atoms with van der Waals surface area (Å²) in [6.45, 7) is 3.03. The van der Waals surface area contributed by atoms with Crippen molar-refractivity contribution >= 4 is 32.7 Å². The molecule has 34 heavy (non-hydrogen) atoms. The summed E-state index contributed by atoms with van der Waals surface area (Å²) < 4.78 is 22.5. The third-order valence-corrected chi connectivity index (χ3v) is 7.60. The molecule has 2 aliphatic rings. The van der Waals surface area contributed by atoms with E-state index in [2.05, 4.69) is 20.3 Å². The third-order valence-electron chi connectivity index (χ3n) is 6.60. The van der Waals surface area contributed by atoms with Gasteiger partial charge in [0.25, 0.3) is 0 Å². The van der Waals surface area contributed by atoms with E-state index in [0.717, 1.165) is 61.4 Å². The van der Waals surface area contributed by atoms with Crippen molar-refractivity contribution in [2.75, 3.05) is 52.9 Å². The maximum atomic E-state index is 13.1. The monoisotopic (exact) mass is 485 g/mol. The molecule has 0 radical (unpaired) electrons. The summed E-state index contributed by atoms with van der Waals surface area (Å²) in [5.74, 6) is 1.24. The van der Waals surface area contributed by atoms with Crippen LogP contribution in [0.1, 0.15) is 19.3 Å². The van der Waals surface area contributed by atoms with Gasteiger partial charge in [-0.3, -0.25) is 5.32 Å². The highest BCUT2D eigenvalue weighted by molar-refractivity contribution is 7.23. The van der Waals surface area contributed by atoms with E-state index in [9.17, 15) is 4.79 Å². The average molecular weight is 486 g/mol. The SMILES string of the molecule is COc1ccc(-c2cnc(OC)c3nc(NC(=O)N4CCC5(CCOCC5)C4)sc23)c(OC)n1. The third kappa shape index (κ3) is 4.09. The highest BCUT2D eigenvalue weighted by Gasteiger charge is 2.41. The molecular weight excluding hydrogens is 458 g/mol. The number of urea groups is 1. The number of thiazole rings is 1. The zero-order valence-electron chi connectivity index (χ0n) is 19.4. The number of rotatable bonds is 5. The predicted molar refractivity (Wildman–Crippen MR) is 128 cm³/mol. The first-order valence-corrected chi connectivity index (χ1v) is 11.9. The van der Waals surface area contributed by atoms with E-state index in [1.165, 1.54) is 11.3 Å². The smallest absolute Gasteiger partial charge is 0.323 e. The molecule has 5 heterocycles. The maximum Gasteiger partial charge on any atom is 0.323 e. The van der Waals surface area contributed by atoms with Gasteiger partial charge in [0.1, 0.15) is 5.52 Å². The molecule has 2 amide bonds. The minimum absolute atomic E-state index is 0.139. The number of likely N-dealkylation sites (tertiary alicyclic amines) is 1. The largest absolute Gasteiger partial charge is 0.481 e. The van der Waals surface area contributed by atoms with Gasteiger partial charge in [-0.05, 0) is 30.7 Å². The van der Waals surface area contributed by atoms with Crippen molar-refractivity contribution in [1.29, 1.82) is 0 Å².